The van der Waals surface area contributed by atoms with Crippen LogP contribution in [0, 0.1) is 0 Å². The molecule has 0 unspecified atom stereocenters. The molecule has 2 aromatic rings. The highest BCUT2D eigenvalue weighted by molar-refractivity contribution is 14.0. The quantitative estimate of drug-likeness (QED) is 0.270. The fourth-order valence-electron chi connectivity index (χ4n) is 1.88. The molecule has 6 heteroatoms. The third-order valence-electron chi connectivity index (χ3n) is 3.02. The van der Waals surface area contributed by atoms with Gasteiger partial charge in [-0.3, -0.25) is 4.99 Å². The Morgan fingerprint density at radius 2 is 1.78 bits per heavy atom. The van der Waals surface area contributed by atoms with Gasteiger partial charge >= 0.3 is 0 Å². The number of halogens is 2. The second-order valence-corrected chi connectivity index (χ2v) is 5.65. The lowest BCUT2D eigenvalue weighted by Crippen LogP contribution is -2.34. The van der Waals surface area contributed by atoms with Gasteiger partial charge in [0.25, 0.3) is 0 Å². The number of guanidine groups is 1. The molecule has 0 fully saturated rings. The zero-order chi connectivity index (χ0) is 15.6. The number of rotatable bonds is 7. The number of hydrogen-bond acceptors (Lipinski definition) is 2. The fraction of sp³-hybridized carbons (Fsp3) is 0.235. The first-order valence-corrected chi connectivity index (χ1v) is 7.99. The summed E-state index contributed by atoms with van der Waals surface area (Å²) < 4.78 is 6.63. The molecular weight excluding hydrogens is 469 g/mol. The molecule has 2 aromatic carbocycles. The fourth-order valence-corrected chi connectivity index (χ4v) is 2.15. The van der Waals surface area contributed by atoms with Crippen LogP contribution in [-0.2, 0) is 6.42 Å². The Hall–Kier alpha value is -1.28. The number of nitrogens with two attached hydrogens (primary N) is 1. The summed E-state index contributed by atoms with van der Waals surface area (Å²) in [4.78, 5) is 4.30. The standard InChI is InChI=1S/C17H20BrN3O.HI/c18-15-6-8-16(9-7-15)22-13-12-21-17(19)20-11-10-14-4-2-1-3-5-14;/h1-9H,10-13H2,(H3,19,20,21);1H. The van der Waals surface area contributed by atoms with E-state index in [2.05, 4.69) is 38.4 Å². The van der Waals surface area contributed by atoms with Gasteiger partial charge in [-0.05, 0) is 36.2 Å². The van der Waals surface area contributed by atoms with E-state index in [4.69, 9.17) is 10.5 Å². The second kappa shape index (κ2) is 11.3. The Bertz CT molecular complexity index is 591. The monoisotopic (exact) mass is 489 g/mol. The molecule has 0 aliphatic rings. The van der Waals surface area contributed by atoms with Crippen molar-refractivity contribution >= 4 is 45.9 Å². The van der Waals surface area contributed by atoms with Gasteiger partial charge in [-0.25, -0.2) is 0 Å². The molecule has 4 nitrogen and oxygen atoms in total. The van der Waals surface area contributed by atoms with Crippen molar-refractivity contribution in [1.29, 1.82) is 0 Å². The summed E-state index contributed by atoms with van der Waals surface area (Å²) in [6.45, 7) is 1.84. The van der Waals surface area contributed by atoms with Crippen molar-refractivity contribution in [2.75, 3.05) is 19.7 Å². The van der Waals surface area contributed by atoms with Crippen LogP contribution in [0.25, 0.3) is 0 Å². The zero-order valence-electron chi connectivity index (χ0n) is 12.7. The highest BCUT2D eigenvalue weighted by Gasteiger charge is 1.95. The van der Waals surface area contributed by atoms with E-state index < -0.39 is 0 Å². The molecule has 0 bridgehead atoms. The molecular formula is C17H21BrIN3O. The molecule has 0 aliphatic carbocycles. The van der Waals surface area contributed by atoms with E-state index in [1.807, 2.05) is 42.5 Å². The number of hydrogen-bond donors (Lipinski definition) is 2. The molecule has 0 aliphatic heterocycles. The lowest BCUT2D eigenvalue weighted by Gasteiger charge is -2.08. The largest absolute Gasteiger partial charge is 0.492 e. The zero-order valence-corrected chi connectivity index (χ0v) is 16.7. The molecule has 0 amide bonds. The minimum absolute atomic E-state index is 0. The van der Waals surface area contributed by atoms with Crippen molar-refractivity contribution in [3.8, 4) is 5.75 Å². The number of benzene rings is 2. The van der Waals surface area contributed by atoms with Crippen LogP contribution in [0.3, 0.4) is 0 Å². The van der Waals surface area contributed by atoms with E-state index in [1.54, 1.807) is 0 Å². The van der Waals surface area contributed by atoms with E-state index in [9.17, 15) is 0 Å². The van der Waals surface area contributed by atoms with E-state index in [0.717, 1.165) is 16.6 Å². The molecule has 0 atom stereocenters. The number of ether oxygens (including phenoxy) is 1. The average Bonchev–Trinajstić information content (AvgIpc) is 2.54. The van der Waals surface area contributed by atoms with E-state index >= 15 is 0 Å². The molecule has 0 radical (unpaired) electrons. The maximum atomic E-state index is 5.81. The SMILES string of the molecule is I.NC(=NCCc1ccccc1)NCCOc1ccc(Br)cc1. The van der Waals surface area contributed by atoms with Gasteiger partial charge in [-0.15, -0.1) is 24.0 Å². The van der Waals surface area contributed by atoms with Crippen LogP contribution < -0.4 is 15.8 Å². The molecule has 124 valence electrons. The lowest BCUT2D eigenvalue weighted by molar-refractivity contribution is 0.322. The molecule has 0 spiro atoms. The summed E-state index contributed by atoms with van der Waals surface area (Å²) >= 11 is 3.39. The molecule has 23 heavy (non-hydrogen) atoms. The lowest BCUT2D eigenvalue weighted by atomic mass is 10.2. The predicted octanol–water partition coefficient (Wildman–Crippen LogP) is 3.59. The van der Waals surface area contributed by atoms with E-state index in [1.165, 1.54) is 5.56 Å². The van der Waals surface area contributed by atoms with Crippen LogP contribution in [0.5, 0.6) is 5.75 Å². The number of nitrogens with one attached hydrogen (secondary N) is 1. The maximum Gasteiger partial charge on any atom is 0.188 e. The second-order valence-electron chi connectivity index (χ2n) is 4.73. The van der Waals surface area contributed by atoms with Gasteiger partial charge in [0.05, 0.1) is 6.54 Å². The molecule has 3 N–H and O–H groups in total. The summed E-state index contributed by atoms with van der Waals surface area (Å²) in [7, 11) is 0. The highest BCUT2D eigenvalue weighted by Crippen LogP contribution is 2.15. The van der Waals surface area contributed by atoms with Crippen molar-refractivity contribution < 1.29 is 4.74 Å². The Morgan fingerprint density at radius 3 is 2.48 bits per heavy atom. The molecule has 2 rings (SSSR count). The van der Waals surface area contributed by atoms with Crippen LogP contribution in [0.1, 0.15) is 5.56 Å². The van der Waals surface area contributed by atoms with Gasteiger partial charge in [-0.1, -0.05) is 46.3 Å². The van der Waals surface area contributed by atoms with Crippen LogP contribution in [0.15, 0.2) is 64.1 Å². The third-order valence-corrected chi connectivity index (χ3v) is 3.54. The molecule has 0 saturated carbocycles. The summed E-state index contributed by atoms with van der Waals surface area (Å²) in [6.07, 6.45) is 0.888. The topological polar surface area (TPSA) is 59.6 Å². The molecule has 0 aromatic heterocycles. The van der Waals surface area contributed by atoms with E-state index in [-0.39, 0.29) is 24.0 Å². The van der Waals surface area contributed by atoms with Crippen molar-refractivity contribution in [2.24, 2.45) is 10.7 Å². The van der Waals surface area contributed by atoms with Gasteiger partial charge in [0, 0.05) is 11.0 Å². The maximum absolute atomic E-state index is 5.81. The summed E-state index contributed by atoms with van der Waals surface area (Å²) in [5.41, 5.74) is 7.08. The minimum atomic E-state index is 0. The highest BCUT2D eigenvalue weighted by atomic mass is 127. The summed E-state index contributed by atoms with van der Waals surface area (Å²) in [5, 5.41) is 3.04. The third kappa shape index (κ3) is 8.22. The minimum Gasteiger partial charge on any atom is -0.492 e. The van der Waals surface area contributed by atoms with E-state index in [0.29, 0.717) is 25.7 Å². The number of aliphatic imine (C=N–C) groups is 1. The smallest absolute Gasteiger partial charge is 0.188 e. The predicted molar refractivity (Wildman–Crippen MR) is 110 cm³/mol. The molecule has 0 heterocycles. The van der Waals surface area contributed by atoms with Gasteiger partial charge in [-0.2, -0.15) is 0 Å². The summed E-state index contributed by atoms with van der Waals surface area (Å²) in [5.74, 6) is 1.29. The average molecular weight is 490 g/mol. The van der Waals surface area contributed by atoms with Crippen molar-refractivity contribution in [3.05, 3.63) is 64.6 Å². The van der Waals surface area contributed by atoms with Crippen LogP contribution in [-0.4, -0.2) is 25.7 Å². The first-order valence-electron chi connectivity index (χ1n) is 7.20. The van der Waals surface area contributed by atoms with Gasteiger partial charge < -0.3 is 15.8 Å². The van der Waals surface area contributed by atoms with Crippen LogP contribution >= 0.6 is 39.9 Å². The van der Waals surface area contributed by atoms with Crippen LogP contribution in [0.2, 0.25) is 0 Å². The first kappa shape index (κ1) is 19.8. The molecule has 0 saturated heterocycles. The Balaban J connectivity index is 0.00000264. The van der Waals surface area contributed by atoms with Gasteiger partial charge in [0.15, 0.2) is 5.96 Å². The Kier molecular flexibility index (Phi) is 9.70. The van der Waals surface area contributed by atoms with Crippen molar-refractivity contribution in [3.63, 3.8) is 0 Å². The van der Waals surface area contributed by atoms with Gasteiger partial charge in [0.1, 0.15) is 12.4 Å². The number of nitrogens with zero attached hydrogens (tertiary/aromatic N) is 1. The van der Waals surface area contributed by atoms with Crippen molar-refractivity contribution in [1.82, 2.24) is 5.32 Å². The summed E-state index contributed by atoms with van der Waals surface area (Å²) in [6, 6.07) is 18.0. The first-order chi connectivity index (χ1) is 10.7. The van der Waals surface area contributed by atoms with Crippen LogP contribution in [0.4, 0.5) is 0 Å². The van der Waals surface area contributed by atoms with Crippen molar-refractivity contribution in [2.45, 2.75) is 6.42 Å². The van der Waals surface area contributed by atoms with Gasteiger partial charge in [0.2, 0.25) is 0 Å². The Labute approximate surface area is 162 Å². The normalized spacial score (nSPS) is 10.7. The Morgan fingerprint density at radius 1 is 1.09 bits per heavy atom.